The summed E-state index contributed by atoms with van der Waals surface area (Å²) < 4.78 is 10.5. The van der Waals surface area contributed by atoms with Gasteiger partial charge < -0.3 is 19.9 Å². The fourth-order valence-electron chi connectivity index (χ4n) is 1.48. The van der Waals surface area contributed by atoms with E-state index in [-0.39, 0.29) is 6.61 Å². The summed E-state index contributed by atoms with van der Waals surface area (Å²) in [5.74, 6) is 0. The average Bonchev–Trinajstić information content (AvgIpc) is 2.52. The standard InChI is InChI=1S/C9H19NO3/c1-8-9(2-5-13-8)10-3-6-12-7-4-11/h8-11H,2-7H2,1H3. The Morgan fingerprint density at radius 2 is 2.38 bits per heavy atom. The maximum Gasteiger partial charge on any atom is 0.0700 e. The molecule has 1 rings (SSSR count). The van der Waals surface area contributed by atoms with Crippen LogP contribution in [0.4, 0.5) is 0 Å². The Hall–Kier alpha value is -0.160. The van der Waals surface area contributed by atoms with Gasteiger partial charge in [-0.25, -0.2) is 0 Å². The summed E-state index contributed by atoms with van der Waals surface area (Å²) in [5, 5.41) is 11.8. The van der Waals surface area contributed by atoms with Crippen LogP contribution in [0.3, 0.4) is 0 Å². The lowest BCUT2D eigenvalue weighted by Gasteiger charge is -2.15. The first-order chi connectivity index (χ1) is 6.34. The lowest BCUT2D eigenvalue weighted by molar-refractivity contribution is 0.0864. The van der Waals surface area contributed by atoms with Crippen LogP contribution in [-0.4, -0.2) is 50.2 Å². The minimum absolute atomic E-state index is 0.100. The van der Waals surface area contributed by atoms with E-state index in [2.05, 4.69) is 12.2 Å². The molecule has 0 saturated carbocycles. The Kier molecular flexibility index (Phi) is 5.31. The third-order valence-corrected chi connectivity index (χ3v) is 2.26. The van der Waals surface area contributed by atoms with Crippen molar-refractivity contribution in [2.75, 3.05) is 33.0 Å². The normalized spacial score (nSPS) is 28.2. The maximum absolute atomic E-state index is 8.45. The Morgan fingerprint density at radius 3 is 3.00 bits per heavy atom. The van der Waals surface area contributed by atoms with Gasteiger partial charge >= 0.3 is 0 Å². The predicted octanol–water partition coefficient (Wildman–Crippen LogP) is -0.238. The molecule has 2 N–H and O–H groups in total. The SMILES string of the molecule is CC1OCCC1NCCOCCO. The van der Waals surface area contributed by atoms with Gasteiger partial charge in [-0.1, -0.05) is 0 Å². The first-order valence-electron chi connectivity index (χ1n) is 4.88. The van der Waals surface area contributed by atoms with Crippen molar-refractivity contribution in [3.63, 3.8) is 0 Å². The Labute approximate surface area is 79.2 Å². The first-order valence-corrected chi connectivity index (χ1v) is 4.88. The Bertz CT molecular complexity index is 132. The largest absolute Gasteiger partial charge is 0.394 e. The van der Waals surface area contributed by atoms with Gasteiger partial charge in [-0.15, -0.1) is 0 Å². The molecule has 1 saturated heterocycles. The molecule has 0 bridgehead atoms. The predicted molar refractivity (Wildman–Crippen MR) is 49.7 cm³/mol. The second-order valence-corrected chi connectivity index (χ2v) is 3.26. The van der Waals surface area contributed by atoms with Crippen LogP contribution in [0.25, 0.3) is 0 Å². The zero-order chi connectivity index (χ0) is 9.52. The quantitative estimate of drug-likeness (QED) is 0.566. The minimum atomic E-state index is 0.100. The van der Waals surface area contributed by atoms with E-state index in [1.165, 1.54) is 0 Å². The molecule has 0 aromatic heterocycles. The summed E-state index contributed by atoms with van der Waals surface area (Å²) in [4.78, 5) is 0. The molecule has 1 aliphatic rings. The number of nitrogens with one attached hydrogen (secondary N) is 1. The third kappa shape index (κ3) is 4.04. The van der Waals surface area contributed by atoms with Gasteiger partial charge in [0.2, 0.25) is 0 Å². The second kappa shape index (κ2) is 6.32. The van der Waals surface area contributed by atoms with E-state index in [1.807, 2.05) is 0 Å². The van der Waals surface area contributed by atoms with Crippen LogP contribution in [0.1, 0.15) is 13.3 Å². The molecule has 1 fully saturated rings. The van der Waals surface area contributed by atoms with E-state index < -0.39 is 0 Å². The molecule has 0 aliphatic carbocycles. The van der Waals surface area contributed by atoms with E-state index in [4.69, 9.17) is 14.6 Å². The van der Waals surface area contributed by atoms with Crippen molar-refractivity contribution in [3.05, 3.63) is 0 Å². The third-order valence-electron chi connectivity index (χ3n) is 2.26. The molecular formula is C9H19NO3. The van der Waals surface area contributed by atoms with Crippen LogP contribution in [0.5, 0.6) is 0 Å². The van der Waals surface area contributed by atoms with Crippen molar-refractivity contribution in [2.45, 2.75) is 25.5 Å². The highest BCUT2D eigenvalue weighted by Gasteiger charge is 2.22. The molecule has 0 aromatic rings. The number of hydrogen-bond donors (Lipinski definition) is 2. The monoisotopic (exact) mass is 189 g/mol. The zero-order valence-corrected chi connectivity index (χ0v) is 8.16. The number of aliphatic hydroxyl groups excluding tert-OH is 1. The van der Waals surface area contributed by atoms with Gasteiger partial charge in [0.1, 0.15) is 0 Å². The lowest BCUT2D eigenvalue weighted by atomic mass is 10.1. The maximum atomic E-state index is 8.45. The number of aliphatic hydroxyl groups is 1. The minimum Gasteiger partial charge on any atom is -0.394 e. The number of hydrogen-bond acceptors (Lipinski definition) is 4. The van der Waals surface area contributed by atoms with Gasteiger partial charge in [0.25, 0.3) is 0 Å². The molecule has 0 radical (unpaired) electrons. The van der Waals surface area contributed by atoms with Crippen molar-refractivity contribution in [3.8, 4) is 0 Å². The molecule has 1 heterocycles. The van der Waals surface area contributed by atoms with Gasteiger partial charge in [-0.2, -0.15) is 0 Å². The van der Waals surface area contributed by atoms with E-state index in [9.17, 15) is 0 Å². The smallest absolute Gasteiger partial charge is 0.0700 e. The van der Waals surface area contributed by atoms with Crippen LogP contribution in [0.2, 0.25) is 0 Å². The van der Waals surface area contributed by atoms with Crippen LogP contribution >= 0.6 is 0 Å². The summed E-state index contributed by atoms with van der Waals surface area (Å²) in [6.45, 7) is 4.96. The summed E-state index contributed by atoms with van der Waals surface area (Å²) in [7, 11) is 0. The van der Waals surface area contributed by atoms with Crippen LogP contribution in [0.15, 0.2) is 0 Å². The van der Waals surface area contributed by atoms with Crippen LogP contribution in [-0.2, 0) is 9.47 Å². The molecule has 13 heavy (non-hydrogen) atoms. The summed E-state index contributed by atoms with van der Waals surface area (Å²) in [5.41, 5.74) is 0. The number of rotatable bonds is 6. The molecule has 0 spiro atoms. The second-order valence-electron chi connectivity index (χ2n) is 3.26. The van der Waals surface area contributed by atoms with Crippen molar-refractivity contribution >= 4 is 0 Å². The van der Waals surface area contributed by atoms with Gasteiger partial charge in [0.05, 0.1) is 25.9 Å². The Morgan fingerprint density at radius 1 is 1.54 bits per heavy atom. The first kappa shape index (κ1) is 10.9. The molecule has 1 aliphatic heterocycles. The Balaban J connectivity index is 1.93. The molecule has 0 aromatic carbocycles. The summed E-state index contributed by atoms with van der Waals surface area (Å²) in [6, 6.07) is 0.470. The van der Waals surface area contributed by atoms with Gasteiger partial charge in [0, 0.05) is 19.2 Å². The van der Waals surface area contributed by atoms with Crippen molar-refractivity contribution in [1.29, 1.82) is 0 Å². The van der Waals surface area contributed by atoms with Crippen LogP contribution < -0.4 is 5.32 Å². The van der Waals surface area contributed by atoms with E-state index in [1.54, 1.807) is 0 Å². The highest BCUT2D eigenvalue weighted by Crippen LogP contribution is 2.11. The average molecular weight is 189 g/mol. The van der Waals surface area contributed by atoms with Crippen molar-refractivity contribution in [1.82, 2.24) is 5.32 Å². The molecule has 4 heteroatoms. The highest BCUT2D eigenvalue weighted by molar-refractivity contribution is 4.78. The van der Waals surface area contributed by atoms with Gasteiger partial charge in [-0.05, 0) is 13.3 Å². The van der Waals surface area contributed by atoms with Crippen molar-refractivity contribution in [2.24, 2.45) is 0 Å². The summed E-state index contributed by atoms with van der Waals surface area (Å²) >= 11 is 0. The van der Waals surface area contributed by atoms with Gasteiger partial charge in [-0.3, -0.25) is 0 Å². The highest BCUT2D eigenvalue weighted by atomic mass is 16.5. The molecular weight excluding hydrogens is 170 g/mol. The molecule has 78 valence electrons. The number of ether oxygens (including phenoxy) is 2. The zero-order valence-electron chi connectivity index (χ0n) is 8.16. The fourth-order valence-corrected chi connectivity index (χ4v) is 1.48. The molecule has 2 atom stereocenters. The molecule has 4 nitrogen and oxygen atoms in total. The topological polar surface area (TPSA) is 50.7 Å². The van der Waals surface area contributed by atoms with Gasteiger partial charge in [0.15, 0.2) is 0 Å². The van der Waals surface area contributed by atoms with E-state index >= 15 is 0 Å². The van der Waals surface area contributed by atoms with E-state index in [0.29, 0.717) is 25.4 Å². The molecule has 2 unspecified atom stereocenters. The van der Waals surface area contributed by atoms with Crippen molar-refractivity contribution < 1.29 is 14.6 Å². The lowest BCUT2D eigenvalue weighted by Crippen LogP contribution is -2.36. The van der Waals surface area contributed by atoms with Crippen LogP contribution in [0, 0.1) is 0 Å². The summed E-state index contributed by atoms with van der Waals surface area (Å²) in [6.07, 6.45) is 1.40. The molecule has 0 amide bonds. The fraction of sp³-hybridized carbons (Fsp3) is 1.00. The van der Waals surface area contributed by atoms with E-state index in [0.717, 1.165) is 19.6 Å².